The van der Waals surface area contributed by atoms with Crippen molar-refractivity contribution in [1.29, 1.82) is 0 Å². The summed E-state index contributed by atoms with van der Waals surface area (Å²) in [5.74, 6) is 0.0977. The second-order valence-electron chi connectivity index (χ2n) is 5.91. The van der Waals surface area contributed by atoms with Crippen LogP contribution in [0, 0.1) is 5.92 Å². The Bertz CT molecular complexity index is 502. The first-order valence-corrected chi connectivity index (χ1v) is 7.55. The Morgan fingerprint density at radius 1 is 1.30 bits per heavy atom. The molecule has 4 heteroatoms. The van der Waals surface area contributed by atoms with E-state index in [-0.39, 0.29) is 17.8 Å². The number of nitrogens with zero attached hydrogens (tertiary/aromatic N) is 1. The molecule has 0 saturated carbocycles. The van der Waals surface area contributed by atoms with E-state index in [1.165, 1.54) is 19.1 Å². The smallest absolute Gasteiger partial charge is 0.310 e. The van der Waals surface area contributed by atoms with Crippen molar-refractivity contribution < 1.29 is 9.53 Å². The first-order valence-electron chi connectivity index (χ1n) is 7.17. The fourth-order valence-corrected chi connectivity index (χ4v) is 4.10. The van der Waals surface area contributed by atoms with Crippen LogP contribution in [-0.4, -0.2) is 37.1 Å². The number of rotatable bonds is 2. The van der Waals surface area contributed by atoms with E-state index in [0.29, 0.717) is 12.1 Å². The van der Waals surface area contributed by atoms with E-state index in [9.17, 15) is 4.79 Å². The fraction of sp³-hybridized carbons (Fsp3) is 0.562. The molecule has 0 aliphatic carbocycles. The molecule has 0 N–H and O–H groups in total. The molecule has 20 heavy (non-hydrogen) atoms. The highest BCUT2D eigenvalue weighted by atomic mass is 35.5. The molecule has 0 unspecified atom stereocenters. The quantitative estimate of drug-likeness (QED) is 0.785. The second kappa shape index (κ2) is 5.38. The molecular formula is C16H20ClNO2. The highest BCUT2D eigenvalue weighted by Crippen LogP contribution is 2.46. The monoisotopic (exact) mass is 292 g/mol. The van der Waals surface area contributed by atoms with Gasteiger partial charge in [0.25, 0.3) is 0 Å². The number of esters is 1. The number of hydrogen-bond acceptors (Lipinski definition) is 3. The molecule has 0 aromatic heterocycles. The minimum atomic E-state index is -0.0813. The second-order valence-corrected chi connectivity index (χ2v) is 6.34. The fourth-order valence-electron chi connectivity index (χ4n) is 3.98. The molecule has 0 spiro atoms. The molecule has 2 saturated heterocycles. The molecule has 2 aliphatic rings. The summed E-state index contributed by atoms with van der Waals surface area (Å²) in [4.78, 5) is 14.6. The van der Waals surface area contributed by atoms with E-state index < -0.39 is 0 Å². The largest absolute Gasteiger partial charge is 0.469 e. The van der Waals surface area contributed by atoms with Gasteiger partial charge in [0, 0.05) is 23.0 Å². The highest BCUT2D eigenvalue weighted by molar-refractivity contribution is 6.30. The SMILES string of the molecule is COC(=O)[C@H]1[C@@H](c2ccc(Cl)cc2)C[C@@H]2CC[C@H]1N2[11CH3]. The van der Waals surface area contributed by atoms with Crippen LogP contribution >= 0.6 is 11.6 Å². The first-order chi connectivity index (χ1) is 9.61. The molecule has 4 atom stereocenters. The molecule has 0 amide bonds. The summed E-state index contributed by atoms with van der Waals surface area (Å²) in [6.07, 6.45) is 3.29. The molecular weight excluding hydrogens is 273 g/mol. The van der Waals surface area contributed by atoms with Crippen LogP contribution in [0.1, 0.15) is 30.7 Å². The maximum atomic E-state index is 12.3. The van der Waals surface area contributed by atoms with E-state index in [1.54, 1.807) is 0 Å². The van der Waals surface area contributed by atoms with Crippen LogP contribution in [0.15, 0.2) is 24.3 Å². The van der Waals surface area contributed by atoms with Crippen LogP contribution in [0.5, 0.6) is 0 Å². The van der Waals surface area contributed by atoms with Crippen LogP contribution in [0.3, 0.4) is 0 Å². The maximum Gasteiger partial charge on any atom is 0.310 e. The Labute approximate surface area is 124 Å². The predicted molar refractivity (Wildman–Crippen MR) is 78.9 cm³/mol. The third kappa shape index (κ3) is 2.23. The number of benzene rings is 1. The molecule has 3 rings (SSSR count). The number of fused-ring (bicyclic) bond motifs is 2. The van der Waals surface area contributed by atoms with Gasteiger partial charge in [-0.15, -0.1) is 0 Å². The van der Waals surface area contributed by atoms with E-state index in [4.69, 9.17) is 16.3 Å². The summed E-state index contributed by atoms with van der Waals surface area (Å²) in [5, 5.41) is 0.735. The van der Waals surface area contributed by atoms with Crippen molar-refractivity contribution >= 4 is 17.6 Å². The maximum absolute atomic E-state index is 12.3. The lowest BCUT2D eigenvalue weighted by Crippen LogP contribution is -2.49. The normalized spacial score (nSPS) is 33.1. The van der Waals surface area contributed by atoms with Gasteiger partial charge in [-0.2, -0.15) is 0 Å². The molecule has 3 nitrogen and oxygen atoms in total. The summed E-state index contributed by atoms with van der Waals surface area (Å²) >= 11 is 5.97. The minimum absolute atomic E-state index is 0.0649. The molecule has 0 radical (unpaired) electrons. The average molecular weight is 293 g/mol. The Morgan fingerprint density at radius 3 is 2.65 bits per heavy atom. The summed E-state index contributed by atoms with van der Waals surface area (Å²) in [6, 6.07) is 8.81. The number of piperidine rings is 1. The van der Waals surface area contributed by atoms with Gasteiger partial charge in [0.1, 0.15) is 0 Å². The summed E-state index contributed by atoms with van der Waals surface area (Å²) in [5.41, 5.74) is 1.20. The average Bonchev–Trinajstić information content (AvgIpc) is 2.70. The molecule has 108 valence electrons. The third-order valence-corrected chi connectivity index (χ3v) is 5.29. The molecule has 2 bridgehead atoms. The lowest BCUT2D eigenvalue weighted by Gasteiger charge is -2.41. The van der Waals surface area contributed by atoms with Gasteiger partial charge in [-0.3, -0.25) is 9.69 Å². The van der Waals surface area contributed by atoms with E-state index >= 15 is 0 Å². The van der Waals surface area contributed by atoms with Crippen molar-refractivity contribution in [3.63, 3.8) is 0 Å². The van der Waals surface area contributed by atoms with Crippen LogP contribution < -0.4 is 0 Å². The lowest BCUT2D eigenvalue weighted by atomic mass is 9.75. The van der Waals surface area contributed by atoms with Crippen LogP contribution in [0.2, 0.25) is 5.02 Å². The third-order valence-electron chi connectivity index (χ3n) is 5.04. The minimum Gasteiger partial charge on any atom is -0.469 e. The number of ether oxygens (including phenoxy) is 1. The standard InChI is InChI=1S/C16H20ClNO2/c1-18-12-7-8-14(18)15(16(19)20-2)13(9-12)10-3-5-11(17)6-4-10/h3-6,12-15H,7-9H2,1-2H3/t12-,13+,14+,15-/m0/s1/i1-1. The zero-order chi connectivity index (χ0) is 14.3. The number of methoxy groups -OCH3 is 1. The van der Waals surface area contributed by atoms with Gasteiger partial charge in [-0.05, 0) is 44.0 Å². The zero-order valence-corrected chi connectivity index (χ0v) is 12.6. The van der Waals surface area contributed by atoms with Crippen LogP contribution in [-0.2, 0) is 9.53 Å². The van der Waals surface area contributed by atoms with Crippen molar-refractivity contribution in [3.05, 3.63) is 34.9 Å². The van der Waals surface area contributed by atoms with Crippen molar-refractivity contribution in [2.24, 2.45) is 5.92 Å². The highest BCUT2D eigenvalue weighted by Gasteiger charge is 2.49. The van der Waals surface area contributed by atoms with Gasteiger partial charge in [0.15, 0.2) is 0 Å². The predicted octanol–water partition coefficient (Wildman–Crippen LogP) is 3.08. The van der Waals surface area contributed by atoms with Crippen molar-refractivity contribution in [3.8, 4) is 0 Å². The van der Waals surface area contributed by atoms with Gasteiger partial charge in [-0.1, -0.05) is 23.7 Å². The lowest BCUT2D eigenvalue weighted by molar-refractivity contribution is -0.150. The molecule has 2 aliphatic heterocycles. The number of carbonyl (C=O) groups excluding carboxylic acids is 1. The van der Waals surface area contributed by atoms with Crippen LogP contribution in [0.25, 0.3) is 0 Å². The summed E-state index contributed by atoms with van der Waals surface area (Å²) < 4.78 is 5.07. The summed E-state index contributed by atoms with van der Waals surface area (Å²) in [6.45, 7) is 0. The van der Waals surface area contributed by atoms with E-state index in [1.807, 2.05) is 24.3 Å². The molecule has 1 aromatic rings. The van der Waals surface area contributed by atoms with E-state index in [2.05, 4.69) is 11.9 Å². The van der Waals surface area contributed by atoms with Crippen molar-refractivity contribution in [2.75, 3.05) is 14.2 Å². The van der Waals surface area contributed by atoms with Gasteiger partial charge in [0.2, 0.25) is 0 Å². The summed E-state index contributed by atoms with van der Waals surface area (Å²) in [7, 11) is 3.62. The molecule has 2 fully saturated rings. The first kappa shape index (κ1) is 13.9. The van der Waals surface area contributed by atoms with Gasteiger partial charge >= 0.3 is 5.97 Å². The van der Waals surface area contributed by atoms with Gasteiger partial charge < -0.3 is 4.74 Å². The van der Waals surface area contributed by atoms with Crippen molar-refractivity contribution in [1.82, 2.24) is 4.90 Å². The van der Waals surface area contributed by atoms with Gasteiger partial charge in [0.05, 0.1) is 13.0 Å². The molecule has 2 heterocycles. The molecule has 1 aromatic carbocycles. The number of carbonyl (C=O) groups is 1. The van der Waals surface area contributed by atoms with Crippen molar-refractivity contribution in [2.45, 2.75) is 37.3 Å². The Morgan fingerprint density at radius 2 is 2.00 bits per heavy atom. The van der Waals surface area contributed by atoms with Gasteiger partial charge in [-0.25, -0.2) is 0 Å². The Kier molecular flexibility index (Phi) is 3.74. The number of halogens is 1. The zero-order valence-electron chi connectivity index (χ0n) is 11.9. The Hall–Kier alpha value is -1.06. The Balaban J connectivity index is 1.95. The van der Waals surface area contributed by atoms with Crippen LogP contribution in [0.4, 0.5) is 0 Å². The number of hydrogen-bond donors (Lipinski definition) is 0. The topological polar surface area (TPSA) is 29.5 Å². The van der Waals surface area contributed by atoms with E-state index in [0.717, 1.165) is 17.9 Å².